The van der Waals surface area contributed by atoms with Gasteiger partial charge >= 0.3 is 0 Å². The van der Waals surface area contributed by atoms with Gasteiger partial charge in [-0.3, -0.25) is 9.36 Å². The van der Waals surface area contributed by atoms with Gasteiger partial charge in [0.05, 0.1) is 18.6 Å². The summed E-state index contributed by atoms with van der Waals surface area (Å²) in [5.74, 6) is 1.12. The van der Waals surface area contributed by atoms with Crippen LogP contribution >= 0.6 is 0 Å². The van der Waals surface area contributed by atoms with Crippen LogP contribution in [0.1, 0.15) is 42.1 Å². The van der Waals surface area contributed by atoms with Crippen molar-refractivity contribution in [3.8, 4) is 5.69 Å². The van der Waals surface area contributed by atoms with Crippen molar-refractivity contribution in [3.63, 3.8) is 0 Å². The summed E-state index contributed by atoms with van der Waals surface area (Å²) < 4.78 is 4.09. The third-order valence-corrected chi connectivity index (χ3v) is 5.03. The molecule has 0 N–H and O–H groups in total. The zero-order valence-electron chi connectivity index (χ0n) is 15.0. The van der Waals surface area contributed by atoms with Crippen LogP contribution in [0.2, 0.25) is 0 Å². The second-order valence-electron chi connectivity index (χ2n) is 6.64. The van der Waals surface area contributed by atoms with Crippen molar-refractivity contribution in [1.82, 2.24) is 24.0 Å². The smallest absolute Gasteiger partial charge is 0.272 e. The molecule has 134 valence electrons. The Morgan fingerprint density at radius 2 is 2.12 bits per heavy atom. The molecule has 0 radical (unpaired) electrons. The van der Waals surface area contributed by atoms with Gasteiger partial charge in [0.15, 0.2) is 0 Å². The fourth-order valence-electron chi connectivity index (χ4n) is 3.73. The lowest BCUT2D eigenvalue weighted by Gasteiger charge is -2.34. The molecular weight excluding hydrogens is 326 g/mol. The van der Waals surface area contributed by atoms with Gasteiger partial charge in [-0.15, -0.1) is 0 Å². The van der Waals surface area contributed by atoms with Crippen LogP contribution in [0.3, 0.4) is 0 Å². The molecule has 1 aliphatic rings. The van der Waals surface area contributed by atoms with Gasteiger partial charge in [0.25, 0.3) is 5.91 Å². The van der Waals surface area contributed by atoms with E-state index in [1.165, 1.54) is 0 Å². The lowest BCUT2D eigenvalue weighted by atomic mass is 10.0. The Bertz CT molecular complexity index is 883. The third-order valence-electron chi connectivity index (χ3n) is 5.03. The number of aromatic nitrogens is 4. The van der Waals surface area contributed by atoms with Crippen LogP contribution in [-0.2, 0) is 6.42 Å². The molecule has 3 aromatic rings. The van der Waals surface area contributed by atoms with E-state index in [1.807, 2.05) is 52.2 Å². The van der Waals surface area contributed by atoms with Gasteiger partial charge in [0.2, 0.25) is 0 Å². The quantitative estimate of drug-likeness (QED) is 0.727. The van der Waals surface area contributed by atoms with Gasteiger partial charge < -0.3 is 9.47 Å². The molecule has 1 aromatic carbocycles. The molecule has 3 heterocycles. The fraction of sp³-hybridized carbons (Fsp3) is 0.350. The first-order chi connectivity index (χ1) is 12.8. The van der Waals surface area contributed by atoms with Crippen LogP contribution in [0.4, 0.5) is 0 Å². The molecule has 1 atom stereocenters. The number of imidazole rings is 2. The standard InChI is InChI=1S/C20H23N5O/c1-2-19-22-10-12-24(19)17-9-6-11-23(14-17)20(26)18-13-21-15-25(18)16-7-4-3-5-8-16/h3-5,7-8,10,12-13,15,17H,2,6,9,11,14H2,1H3/t17-/m1/s1. The summed E-state index contributed by atoms with van der Waals surface area (Å²) >= 11 is 0. The Labute approximate surface area is 153 Å². The van der Waals surface area contributed by atoms with Crippen molar-refractivity contribution in [1.29, 1.82) is 0 Å². The van der Waals surface area contributed by atoms with Crippen molar-refractivity contribution >= 4 is 5.91 Å². The number of carbonyl (C=O) groups excluding carboxylic acids is 1. The first-order valence-electron chi connectivity index (χ1n) is 9.16. The number of benzene rings is 1. The molecule has 1 saturated heterocycles. The molecule has 26 heavy (non-hydrogen) atoms. The SMILES string of the molecule is CCc1nccn1[C@@H]1CCCN(C(=O)c2cncn2-c2ccccc2)C1. The van der Waals surface area contributed by atoms with E-state index >= 15 is 0 Å². The second kappa shape index (κ2) is 7.15. The van der Waals surface area contributed by atoms with Crippen LogP contribution in [0, 0.1) is 0 Å². The van der Waals surface area contributed by atoms with E-state index in [0.29, 0.717) is 18.3 Å². The molecule has 1 aliphatic heterocycles. The number of hydrogen-bond acceptors (Lipinski definition) is 3. The molecule has 6 nitrogen and oxygen atoms in total. The van der Waals surface area contributed by atoms with Crippen LogP contribution in [0.5, 0.6) is 0 Å². The zero-order valence-corrected chi connectivity index (χ0v) is 15.0. The normalized spacial score (nSPS) is 17.4. The van der Waals surface area contributed by atoms with Gasteiger partial charge in [-0.2, -0.15) is 0 Å². The molecule has 2 aromatic heterocycles. The number of amides is 1. The fourth-order valence-corrected chi connectivity index (χ4v) is 3.73. The molecule has 0 spiro atoms. The second-order valence-corrected chi connectivity index (χ2v) is 6.64. The maximum absolute atomic E-state index is 13.2. The first-order valence-corrected chi connectivity index (χ1v) is 9.16. The Balaban J connectivity index is 1.57. The van der Waals surface area contributed by atoms with Gasteiger partial charge in [-0.1, -0.05) is 25.1 Å². The van der Waals surface area contributed by atoms with Crippen molar-refractivity contribution in [3.05, 3.63) is 66.8 Å². The summed E-state index contributed by atoms with van der Waals surface area (Å²) in [5, 5.41) is 0. The molecule has 6 heteroatoms. The summed E-state index contributed by atoms with van der Waals surface area (Å²) in [7, 11) is 0. The maximum atomic E-state index is 13.2. The largest absolute Gasteiger partial charge is 0.335 e. The van der Waals surface area contributed by atoms with Crippen LogP contribution < -0.4 is 0 Å². The van der Waals surface area contributed by atoms with Crippen molar-refractivity contribution < 1.29 is 4.79 Å². The Kier molecular flexibility index (Phi) is 4.56. The predicted octanol–water partition coefficient (Wildman–Crippen LogP) is 3.11. The highest BCUT2D eigenvalue weighted by Crippen LogP contribution is 2.24. The van der Waals surface area contributed by atoms with E-state index in [1.54, 1.807) is 12.5 Å². The van der Waals surface area contributed by atoms with Crippen molar-refractivity contribution in [2.45, 2.75) is 32.2 Å². The van der Waals surface area contributed by atoms with Gasteiger partial charge in [-0.25, -0.2) is 9.97 Å². The maximum Gasteiger partial charge on any atom is 0.272 e. The van der Waals surface area contributed by atoms with E-state index in [2.05, 4.69) is 21.5 Å². The lowest BCUT2D eigenvalue weighted by Crippen LogP contribution is -2.41. The van der Waals surface area contributed by atoms with E-state index in [0.717, 1.165) is 37.3 Å². The summed E-state index contributed by atoms with van der Waals surface area (Å²) in [6, 6.07) is 10.1. The molecule has 0 aliphatic carbocycles. The molecule has 1 fully saturated rings. The topological polar surface area (TPSA) is 56.0 Å². The Morgan fingerprint density at radius 3 is 2.92 bits per heavy atom. The number of aryl methyl sites for hydroxylation is 1. The van der Waals surface area contributed by atoms with Gasteiger partial charge in [-0.05, 0) is 25.0 Å². The van der Waals surface area contributed by atoms with Gasteiger partial charge in [0, 0.05) is 37.6 Å². The van der Waals surface area contributed by atoms with Crippen molar-refractivity contribution in [2.24, 2.45) is 0 Å². The van der Waals surface area contributed by atoms with E-state index < -0.39 is 0 Å². The zero-order chi connectivity index (χ0) is 17.9. The van der Waals surface area contributed by atoms with Crippen LogP contribution in [0.25, 0.3) is 5.69 Å². The van der Waals surface area contributed by atoms with Gasteiger partial charge in [0.1, 0.15) is 11.5 Å². The number of nitrogens with zero attached hydrogens (tertiary/aromatic N) is 5. The van der Waals surface area contributed by atoms with Crippen molar-refractivity contribution in [2.75, 3.05) is 13.1 Å². The average molecular weight is 349 g/mol. The number of rotatable bonds is 4. The Hall–Kier alpha value is -2.89. The van der Waals surface area contributed by atoms with E-state index in [9.17, 15) is 4.79 Å². The number of likely N-dealkylation sites (tertiary alicyclic amines) is 1. The minimum atomic E-state index is 0.0363. The monoisotopic (exact) mass is 349 g/mol. The third kappa shape index (κ3) is 3.03. The Morgan fingerprint density at radius 1 is 1.27 bits per heavy atom. The van der Waals surface area contributed by atoms with Crippen LogP contribution in [0.15, 0.2) is 55.2 Å². The highest BCUT2D eigenvalue weighted by atomic mass is 16.2. The summed E-state index contributed by atoms with van der Waals surface area (Å²) in [5.41, 5.74) is 1.56. The average Bonchev–Trinajstić information content (AvgIpc) is 3.37. The summed E-state index contributed by atoms with van der Waals surface area (Å²) in [6.07, 6.45) is 10.2. The summed E-state index contributed by atoms with van der Waals surface area (Å²) in [4.78, 5) is 23.8. The highest BCUT2D eigenvalue weighted by Gasteiger charge is 2.28. The minimum absolute atomic E-state index is 0.0363. The minimum Gasteiger partial charge on any atom is -0.335 e. The summed E-state index contributed by atoms with van der Waals surface area (Å²) in [6.45, 7) is 3.61. The predicted molar refractivity (Wildman–Crippen MR) is 99.3 cm³/mol. The molecule has 1 amide bonds. The number of hydrogen-bond donors (Lipinski definition) is 0. The number of piperidine rings is 1. The molecule has 0 saturated carbocycles. The highest BCUT2D eigenvalue weighted by molar-refractivity contribution is 5.93. The number of carbonyl (C=O) groups is 1. The number of para-hydroxylation sites is 1. The van der Waals surface area contributed by atoms with E-state index in [4.69, 9.17) is 0 Å². The van der Waals surface area contributed by atoms with Crippen LogP contribution in [-0.4, -0.2) is 43.0 Å². The first kappa shape index (κ1) is 16.6. The molecular formula is C20H23N5O. The molecule has 4 rings (SSSR count). The molecule has 0 bridgehead atoms. The lowest BCUT2D eigenvalue weighted by molar-refractivity contribution is 0.0670. The van der Waals surface area contributed by atoms with E-state index in [-0.39, 0.29) is 5.91 Å². The molecule has 0 unspecified atom stereocenters.